The predicted octanol–water partition coefficient (Wildman–Crippen LogP) is 7.74. The average Bonchev–Trinajstić information content (AvgIpc) is 2.95. The van der Waals surface area contributed by atoms with Gasteiger partial charge < -0.3 is 18.6 Å². The van der Waals surface area contributed by atoms with Crippen molar-refractivity contribution in [2.75, 3.05) is 0 Å². The van der Waals surface area contributed by atoms with Crippen molar-refractivity contribution in [1.82, 2.24) is 0 Å². The van der Waals surface area contributed by atoms with Crippen molar-refractivity contribution in [2.24, 2.45) is 0 Å². The highest BCUT2D eigenvalue weighted by Crippen LogP contribution is 2.25. The molecule has 194 valence electrons. The second kappa shape index (κ2) is 11.7. The van der Waals surface area contributed by atoms with Crippen LogP contribution in [-0.4, -0.2) is 5.97 Å². The molecule has 0 atom stereocenters. The molecule has 0 radical (unpaired) electrons. The van der Waals surface area contributed by atoms with Gasteiger partial charge in [0, 0.05) is 22.7 Å². The third-order valence-electron chi connectivity index (χ3n) is 5.83. The van der Waals surface area contributed by atoms with Crippen molar-refractivity contribution in [3.63, 3.8) is 0 Å². The van der Waals surface area contributed by atoms with E-state index in [1.807, 2.05) is 67.6 Å². The minimum absolute atomic E-state index is 0.0688. The number of benzene rings is 4. The van der Waals surface area contributed by atoms with Crippen LogP contribution < -0.4 is 19.6 Å². The summed E-state index contributed by atoms with van der Waals surface area (Å²) in [5, 5.41) is 0.966. The van der Waals surface area contributed by atoms with Gasteiger partial charge in [0.25, 0.3) is 0 Å². The van der Waals surface area contributed by atoms with Crippen LogP contribution in [0.15, 0.2) is 113 Å². The van der Waals surface area contributed by atoms with Crippen LogP contribution in [0.2, 0.25) is 5.02 Å². The molecule has 0 saturated carbocycles. The lowest BCUT2D eigenvalue weighted by Gasteiger charge is -2.08. The summed E-state index contributed by atoms with van der Waals surface area (Å²) in [5.74, 6) is 0.953. The fourth-order valence-electron chi connectivity index (χ4n) is 3.72. The maximum atomic E-state index is 12.8. The standard InChI is InChI=1S/C32H23ClO6/c1-21-6-11-25(12-7-21)38-30-20-37-29-18-26(15-16-27(29)32(30)35)39-31(34)17-10-22-8-13-24(14-9-22)36-19-23-4-2-3-5-28(23)33/h2-18,20H,19H2,1H3. The van der Waals surface area contributed by atoms with Crippen molar-refractivity contribution in [1.29, 1.82) is 0 Å². The number of hydrogen-bond donors (Lipinski definition) is 0. The van der Waals surface area contributed by atoms with Crippen molar-refractivity contribution >= 4 is 34.6 Å². The number of halogens is 1. The van der Waals surface area contributed by atoms with Crippen LogP contribution in [-0.2, 0) is 11.4 Å². The van der Waals surface area contributed by atoms with E-state index in [0.29, 0.717) is 28.5 Å². The minimum atomic E-state index is -0.574. The highest BCUT2D eigenvalue weighted by Gasteiger charge is 2.11. The highest BCUT2D eigenvalue weighted by atomic mass is 35.5. The van der Waals surface area contributed by atoms with Gasteiger partial charge in [-0.15, -0.1) is 0 Å². The minimum Gasteiger partial charge on any atom is -0.489 e. The van der Waals surface area contributed by atoms with E-state index in [4.69, 9.17) is 30.2 Å². The Kier molecular flexibility index (Phi) is 7.75. The predicted molar refractivity (Wildman–Crippen MR) is 151 cm³/mol. The van der Waals surface area contributed by atoms with E-state index < -0.39 is 5.97 Å². The van der Waals surface area contributed by atoms with Gasteiger partial charge in [0.2, 0.25) is 11.2 Å². The quantitative estimate of drug-likeness (QED) is 0.114. The molecule has 4 aromatic carbocycles. The Hall–Kier alpha value is -4.81. The summed E-state index contributed by atoms with van der Waals surface area (Å²) in [7, 11) is 0. The number of fused-ring (bicyclic) bond motifs is 1. The second-order valence-corrected chi connectivity index (χ2v) is 9.11. The summed E-state index contributed by atoms with van der Waals surface area (Å²) in [6, 6.07) is 26.7. The zero-order chi connectivity index (χ0) is 27.2. The number of rotatable bonds is 8. The van der Waals surface area contributed by atoms with Gasteiger partial charge in [0.15, 0.2) is 0 Å². The van der Waals surface area contributed by atoms with Gasteiger partial charge in [-0.2, -0.15) is 0 Å². The Morgan fingerprint density at radius 1 is 0.897 bits per heavy atom. The van der Waals surface area contributed by atoms with Crippen LogP contribution in [0.5, 0.6) is 23.0 Å². The van der Waals surface area contributed by atoms with Gasteiger partial charge in [0.05, 0.1) is 5.39 Å². The largest absolute Gasteiger partial charge is 0.489 e. The number of aryl methyl sites for hydroxylation is 1. The first-order valence-electron chi connectivity index (χ1n) is 12.1. The molecule has 1 aromatic heterocycles. The van der Waals surface area contributed by atoms with E-state index in [1.54, 1.807) is 18.2 Å². The molecule has 0 spiro atoms. The summed E-state index contributed by atoms with van der Waals surface area (Å²) in [6.45, 7) is 2.32. The van der Waals surface area contributed by atoms with E-state index in [2.05, 4.69) is 0 Å². The van der Waals surface area contributed by atoms with Crippen LogP contribution in [0.4, 0.5) is 0 Å². The Bertz CT molecular complexity index is 1700. The third-order valence-corrected chi connectivity index (χ3v) is 6.19. The molecule has 0 fully saturated rings. The smallest absolute Gasteiger partial charge is 0.336 e. The van der Waals surface area contributed by atoms with Gasteiger partial charge in [-0.3, -0.25) is 4.79 Å². The Labute approximate surface area is 229 Å². The van der Waals surface area contributed by atoms with Gasteiger partial charge in [0.1, 0.15) is 35.7 Å². The summed E-state index contributed by atoms with van der Waals surface area (Å²) < 4.78 is 22.4. The molecule has 0 aliphatic rings. The summed E-state index contributed by atoms with van der Waals surface area (Å²) in [6.07, 6.45) is 4.20. The van der Waals surface area contributed by atoms with E-state index in [-0.39, 0.29) is 22.5 Å². The molecular weight excluding hydrogens is 516 g/mol. The number of carbonyl (C=O) groups is 1. The fraction of sp³-hybridized carbons (Fsp3) is 0.0625. The number of esters is 1. The summed E-state index contributed by atoms with van der Waals surface area (Å²) in [5.41, 5.74) is 2.72. The lowest BCUT2D eigenvalue weighted by molar-refractivity contribution is -0.128. The second-order valence-electron chi connectivity index (χ2n) is 8.71. The molecule has 0 amide bonds. The molecule has 7 heteroatoms. The first-order valence-corrected chi connectivity index (χ1v) is 12.5. The lowest BCUT2D eigenvalue weighted by atomic mass is 10.2. The monoisotopic (exact) mass is 538 g/mol. The molecule has 0 N–H and O–H groups in total. The van der Waals surface area contributed by atoms with E-state index in [9.17, 15) is 9.59 Å². The molecule has 6 nitrogen and oxygen atoms in total. The molecule has 5 aromatic rings. The van der Waals surface area contributed by atoms with Gasteiger partial charge in [-0.05, 0) is 61.0 Å². The Morgan fingerprint density at radius 3 is 2.38 bits per heavy atom. The normalized spacial score (nSPS) is 11.0. The zero-order valence-electron chi connectivity index (χ0n) is 20.9. The SMILES string of the molecule is Cc1ccc(Oc2coc3cc(OC(=O)C=Cc4ccc(OCc5ccccc5Cl)cc4)ccc3c2=O)cc1. The van der Waals surface area contributed by atoms with Crippen molar-refractivity contribution < 1.29 is 23.4 Å². The molecule has 0 aliphatic heterocycles. The molecular formula is C32H23ClO6. The first kappa shape index (κ1) is 25.8. The molecule has 39 heavy (non-hydrogen) atoms. The maximum absolute atomic E-state index is 12.8. The van der Waals surface area contributed by atoms with Crippen LogP contribution in [0.1, 0.15) is 16.7 Å². The van der Waals surface area contributed by atoms with Gasteiger partial charge in [-0.1, -0.05) is 59.6 Å². The third kappa shape index (κ3) is 6.55. The van der Waals surface area contributed by atoms with E-state index in [1.165, 1.54) is 30.5 Å². The van der Waals surface area contributed by atoms with Crippen LogP contribution in [0.25, 0.3) is 17.0 Å². The Morgan fingerprint density at radius 2 is 1.62 bits per heavy atom. The molecule has 0 aliphatic carbocycles. The molecule has 0 saturated heterocycles. The summed E-state index contributed by atoms with van der Waals surface area (Å²) >= 11 is 6.16. The van der Waals surface area contributed by atoms with E-state index >= 15 is 0 Å². The maximum Gasteiger partial charge on any atom is 0.336 e. The topological polar surface area (TPSA) is 75.0 Å². The number of carbonyl (C=O) groups excluding carboxylic acids is 1. The molecule has 1 heterocycles. The van der Waals surface area contributed by atoms with Crippen LogP contribution in [0.3, 0.4) is 0 Å². The van der Waals surface area contributed by atoms with E-state index in [0.717, 1.165) is 16.7 Å². The Balaban J connectivity index is 1.19. The number of ether oxygens (including phenoxy) is 3. The zero-order valence-corrected chi connectivity index (χ0v) is 21.7. The van der Waals surface area contributed by atoms with Gasteiger partial charge in [-0.25, -0.2) is 4.79 Å². The number of hydrogen-bond acceptors (Lipinski definition) is 6. The van der Waals surface area contributed by atoms with Crippen LogP contribution >= 0.6 is 11.6 Å². The molecule has 0 bridgehead atoms. The van der Waals surface area contributed by atoms with Crippen molar-refractivity contribution in [3.8, 4) is 23.0 Å². The average molecular weight is 539 g/mol. The fourth-order valence-corrected chi connectivity index (χ4v) is 3.91. The first-order chi connectivity index (χ1) is 18.9. The highest BCUT2D eigenvalue weighted by molar-refractivity contribution is 6.31. The summed E-state index contributed by atoms with van der Waals surface area (Å²) in [4.78, 5) is 25.2. The van der Waals surface area contributed by atoms with Crippen LogP contribution in [0, 0.1) is 6.92 Å². The van der Waals surface area contributed by atoms with Gasteiger partial charge >= 0.3 is 5.97 Å². The lowest BCUT2D eigenvalue weighted by Crippen LogP contribution is -2.06. The van der Waals surface area contributed by atoms with Crippen molar-refractivity contribution in [3.05, 3.63) is 135 Å². The van der Waals surface area contributed by atoms with Crippen molar-refractivity contribution in [2.45, 2.75) is 13.5 Å². The molecule has 0 unspecified atom stereocenters. The molecule has 5 rings (SSSR count).